The van der Waals surface area contributed by atoms with Gasteiger partial charge in [0, 0.05) is 5.92 Å². The summed E-state index contributed by atoms with van der Waals surface area (Å²) in [6.07, 6.45) is 2.66. The summed E-state index contributed by atoms with van der Waals surface area (Å²) in [5.41, 5.74) is 9.35. The first kappa shape index (κ1) is 12.0. The zero-order chi connectivity index (χ0) is 11.6. The SMILES string of the molecule is CC[C@H](C(C(N)=O)C(N)=O)C1(O)CCC1. The summed E-state index contributed by atoms with van der Waals surface area (Å²) in [5.74, 6) is -2.98. The van der Waals surface area contributed by atoms with Crippen molar-refractivity contribution >= 4 is 11.8 Å². The predicted octanol–water partition coefficient (Wildman–Crippen LogP) is -0.486. The molecule has 0 saturated heterocycles. The summed E-state index contributed by atoms with van der Waals surface area (Å²) in [4.78, 5) is 22.3. The fraction of sp³-hybridized carbons (Fsp3) is 0.800. The number of hydrogen-bond donors (Lipinski definition) is 3. The lowest BCUT2D eigenvalue weighted by Gasteiger charge is -2.44. The maximum atomic E-state index is 11.1. The van der Waals surface area contributed by atoms with Gasteiger partial charge in [-0.3, -0.25) is 9.59 Å². The van der Waals surface area contributed by atoms with Gasteiger partial charge in [0.2, 0.25) is 11.8 Å². The van der Waals surface area contributed by atoms with Gasteiger partial charge in [-0.1, -0.05) is 6.92 Å². The van der Waals surface area contributed by atoms with E-state index in [1.807, 2.05) is 6.92 Å². The van der Waals surface area contributed by atoms with Crippen LogP contribution in [0.1, 0.15) is 32.6 Å². The third kappa shape index (κ3) is 2.12. The Morgan fingerprint density at radius 1 is 1.33 bits per heavy atom. The van der Waals surface area contributed by atoms with Crippen molar-refractivity contribution in [2.24, 2.45) is 23.3 Å². The summed E-state index contributed by atoms with van der Waals surface area (Å²) in [6, 6.07) is 0. The molecular formula is C10H18N2O3. The molecule has 1 rings (SSSR count). The summed E-state index contributed by atoms with van der Waals surface area (Å²) in [7, 11) is 0. The van der Waals surface area contributed by atoms with Gasteiger partial charge in [0.15, 0.2) is 0 Å². The minimum atomic E-state index is -1.06. The van der Waals surface area contributed by atoms with Gasteiger partial charge < -0.3 is 16.6 Å². The second kappa shape index (κ2) is 4.18. The molecular weight excluding hydrogens is 196 g/mol. The van der Waals surface area contributed by atoms with Gasteiger partial charge in [-0.15, -0.1) is 0 Å². The number of carbonyl (C=O) groups is 2. The van der Waals surface area contributed by atoms with E-state index in [-0.39, 0.29) is 0 Å². The number of primary amides is 2. The van der Waals surface area contributed by atoms with Gasteiger partial charge >= 0.3 is 0 Å². The lowest BCUT2D eigenvalue weighted by atomic mass is 9.65. The molecule has 0 radical (unpaired) electrons. The summed E-state index contributed by atoms with van der Waals surface area (Å²) in [6.45, 7) is 1.82. The molecule has 1 atom stereocenters. The highest BCUT2D eigenvalue weighted by atomic mass is 16.3. The molecule has 0 aromatic rings. The van der Waals surface area contributed by atoms with Crippen LogP contribution in [0.3, 0.4) is 0 Å². The van der Waals surface area contributed by atoms with Crippen LogP contribution in [-0.4, -0.2) is 22.5 Å². The van der Waals surface area contributed by atoms with Gasteiger partial charge in [-0.05, 0) is 25.7 Å². The standard InChI is InChI=1S/C10H18N2O3/c1-2-6(10(15)4-3-5-10)7(8(11)13)9(12)14/h6-7,15H,2-5H2,1H3,(H2,11,13)(H2,12,14)/t6-/m1/s1. The van der Waals surface area contributed by atoms with Crippen molar-refractivity contribution in [3.8, 4) is 0 Å². The van der Waals surface area contributed by atoms with Gasteiger partial charge in [0.05, 0.1) is 5.60 Å². The van der Waals surface area contributed by atoms with Crippen LogP contribution in [0, 0.1) is 11.8 Å². The maximum Gasteiger partial charge on any atom is 0.230 e. The van der Waals surface area contributed by atoms with Gasteiger partial charge in [0.1, 0.15) is 5.92 Å². The van der Waals surface area contributed by atoms with Crippen molar-refractivity contribution in [2.75, 3.05) is 0 Å². The van der Waals surface area contributed by atoms with E-state index in [9.17, 15) is 14.7 Å². The lowest BCUT2D eigenvalue weighted by Crippen LogP contribution is -2.53. The highest BCUT2D eigenvalue weighted by Crippen LogP contribution is 2.43. The summed E-state index contributed by atoms with van der Waals surface area (Å²) in [5, 5.41) is 10.1. The Balaban J connectivity index is 2.87. The van der Waals surface area contributed by atoms with Crippen LogP contribution in [0.5, 0.6) is 0 Å². The highest BCUT2D eigenvalue weighted by molar-refractivity contribution is 5.99. The number of nitrogens with two attached hydrogens (primary N) is 2. The quantitative estimate of drug-likeness (QED) is 0.538. The van der Waals surface area contributed by atoms with Crippen LogP contribution in [-0.2, 0) is 9.59 Å². The molecule has 2 amide bonds. The average molecular weight is 214 g/mol. The van der Waals surface area contributed by atoms with Crippen LogP contribution >= 0.6 is 0 Å². The number of carbonyl (C=O) groups excluding carboxylic acids is 2. The second-order valence-corrected chi connectivity index (χ2v) is 4.25. The molecule has 0 unspecified atom stereocenters. The van der Waals surface area contributed by atoms with Crippen LogP contribution < -0.4 is 11.5 Å². The normalized spacial score (nSPS) is 20.7. The molecule has 0 aromatic carbocycles. The number of rotatable bonds is 5. The molecule has 5 nitrogen and oxygen atoms in total. The molecule has 5 heteroatoms. The molecule has 5 N–H and O–H groups in total. The van der Waals surface area contributed by atoms with Crippen molar-refractivity contribution in [3.05, 3.63) is 0 Å². The topological polar surface area (TPSA) is 106 Å². The summed E-state index contributed by atoms with van der Waals surface area (Å²) >= 11 is 0. The molecule has 1 aliphatic rings. The highest BCUT2D eigenvalue weighted by Gasteiger charge is 2.48. The number of amides is 2. The van der Waals surface area contributed by atoms with Gasteiger partial charge in [-0.2, -0.15) is 0 Å². The monoisotopic (exact) mass is 214 g/mol. The molecule has 15 heavy (non-hydrogen) atoms. The van der Waals surface area contributed by atoms with E-state index in [2.05, 4.69) is 0 Å². The Morgan fingerprint density at radius 3 is 2.00 bits per heavy atom. The minimum absolute atomic E-state index is 0.443. The second-order valence-electron chi connectivity index (χ2n) is 4.25. The average Bonchev–Trinajstić information content (AvgIpc) is 2.08. The Bertz CT molecular complexity index is 260. The molecule has 86 valence electrons. The third-order valence-corrected chi connectivity index (χ3v) is 3.36. The van der Waals surface area contributed by atoms with E-state index < -0.39 is 29.3 Å². The maximum absolute atomic E-state index is 11.1. The van der Waals surface area contributed by atoms with E-state index in [0.717, 1.165) is 6.42 Å². The Morgan fingerprint density at radius 2 is 1.80 bits per heavy atom. The van der Waals surface area contributed by atoms with E-state index >= 15 is 0 Å². The number of hydrogen-bond acceptors (Lipinski definition) is 3. The van der Waals surface area contributed by atoms with Crippen molar-refractivity contribution in [1.29, 1.82) is 0 Å². The summed E-state index contributed by atoms with van der Waals surface area (Å²) < 4.78 is 0. The fourth-order valence-electron chi connectivity index (χ4n) is 2.37. The van der Waals surface area contributed by atoms with Crippen LogP contribution in [0.15, 0.2) is 0 Å². The zero-order valence-corrected chi connectivity index (χ0v) is 8.90. The van der Waals surface area contributed by atoms with E-state index in [4.69, 9.17) is 11.5 Å². The molecule has 0 spiro atoms. The first-order valence-electron chi connectivity index (χ1n) is 5.23. The molecule has 1 aliphatic carbocycles. The van der Waals surface area contributed by atoms with Crippen LogP contribution in [0.2, 0.25) is 0 Å². The van der Waals surface area contributed by atoms with Crippen LogP contribution in [0.25, 0.3) is 0 Å². The molecule has 0 aromatic heterocycles. The lowest BCUT2D eigenvalue weighted by molar-refractivity contribution is -0.148. The van der Waals surface area contributed by atoms with Crippen molar-refractivity contribution in [1.82, 2.24) is 0 Å². The fourth-order valence-corrected chi connectivity index (χ4v) is 2.37. The molecule has 1 fully saturated rings. The smallest absolute Gasteiger partial charge is 0.230 e. The molecule has 0 aliphatic heterocycles. The van der Waals surface area contributed by atoms with E-state index in [0.29, 0.717) is 19.3 Å². The largest absolute Gasteiger partial charge is 0.390 e. The van der Waals surface area contributed by atoms with E-state index in [1.165, 1.54) is 0 Å². The third-order valence-electron chi connectivity index (χ3n) is 3.36. The van der Waals surface area contributed by atoms with Gasteiger partial charge in [0.25, 0.3) is 0 Å². The van der Waals surface area contributed by atoms with Crippen molar-refractivity contribution in [2.45, 2.75) is 38.2 Å². The Hall–Kier alpha value is -1.10. The molecule has 0 bridgehead atoms. The first-order valence-corrected chi connectivity index (χ1v) is 5.23. The van der Waals surface area contributed by atoms with Crippen molar-refractivity contribution < 1.29 is 14.7 Å². The zero-order valence-electron chi connectivity index (χ0n) is 8.90. The first-order chi connectivity index (χ1) is 6.92. The molecule has 0 heterocycles. The van der Waals surface area contributed by atoms with Crippen LogP contribution in [0.4, 0.5) is 0 Å². The van der Waals surface area contributed by atoms with Gasteiger partial charge in [-0.25, -0.2) is 0 Å². The predicted molar refractivity (Wildman–Crippen MR) is 54.5 cm³/mol. The minimum Gasteiger partial charge on any atom is -0.390 e. The number of aliphatic hydroxyl groups is 1. The molecule has 1 saturated carbocycles. The van der Waals surface area contributed by atoms with Crippen molar-refractivity contribution in [3.63, 3.8) is 0 Å². The Labute approximate surface area is 88.8 Å². The Kier molecular flexibility index (Phi) is 3.34. The van der Waals surface area contributed by atoms with E-state index in [1.54, 1.807) is 0 Å².